The van der Waals surface area contributed by atoms with Gasteiger partial charge in [0.15, 0.2) is 0 Å². The molecule has 8 heteroatoms. The Morgan fingerprint density at radius 1 is 0.935 bits per heavy atom. The second kappa shape index (κ2) is 9.00. The first kappa shape index (κ1) is 20.0. The SMILES string of the molecule is Cc1cccc(-c2nnc(-c3ccc(C(=O)NCC(=O)Nc4cccnc4)cc3)o2)c1. The number of benzene rings is 2. The van der Waals surface area contributed by atoms with Crippen LogP contribution in [0, 0.1) is 6.92 Å². The van der Waals surface area contributed by atoms with Crippen molar-refractivity contribution in [3.05, 3.63) is 84.2 Å². The van der Waals surface area contributed by atoms with E-state index in [9.17, 15) is 9.59 Å². The third-order valence-corrected chi connectivity index (χ3v) is 4.44. The number of hydrogen-bond donors (Lipinski definition) is 2. The third kappa shape index (κ3) is 4.99. The molecule has 31 heavy (non-hydrogen) atoms. The standard InChI is InChI=1S/C23H19N5O3/c1-15-4-2-5-18(12-15)23-28-27-22(31-23)17-9-7-16(8-10-17)21(30)25-14-20(29)26-19-6-3-11-24-13-19/h2-13H,14H2,1H3,(H,25,30)(H,26,29). The number of nitrogens with zero attached hydrogens (tertiary/aromatic N) is 3. The molecule has 0 bridgehead atoms. The number of carbonyl (C=O) groups excluding carboxylic acids is 2. The maximum absolute atomic E-state index is 12.3. The molecule has 4 rings (SSSR count). The highest BCUT2D eigenvalue weighted by molar-refractivity contribution is 5.99. The second-order valence-electron chi connectivity index (χ2n) is 6.83. The number of aromatic nitrogens is 3. The van der Waals surface area contributed by atoms with Gasteiger partial charge in [0, 0.05) is 22.9 Å². The maximum atomic E-state index is 12.3. The lowest BCUT2D eigenvalue weighted by atomic mass is 10.1. The van der Waals surface area contributed by atoms with Crippen molar-refractivity contribution >= 4 is 17.5 Å². The zero-order valence-corrected chi connectivity index (χ0v) is 16.7. The molecule has 2 aromatic carbocycles. The van der Waals surface area contributed by atoms with E-state index < -0.39 is 0 Å². The molecule has 0 fully saturated rings. The van der Waals surface area contributed by atoms with Gasteiger partial charge in [0.1, 0.15) is 0 Å². The topological polar surface area (TPSA) is 110 Å². The molecule has 0 aliphatic carbocycles. The maximum Gasteiger partial charge on any atom is 0.251 e. The van der Waals surface area contributed by atoms with Crippen molar-refractivity contribution < 1.29 is 14.0 Å². The molecular weight excluding hydrogens is 394 g/mol. The number of carbonyl (C=O) groups is 2. The lowest BCUT2D eigenvalue weighted by Gasteiger charge is -2.07. The highest BCUT2D eigenvalue weighted by Gasteiger charge is 2.13. The zero-order chi connectivity index (χ0) is 21.6. The molecule has 0 unspecified atom stereocenters. The summed E-state index contributed by atoms with van der Waals surface area (Å²) in [6.45, 7) is 1.84. The molecule has 0 saturated heterocycles. The fourth-order valence-electron chi connectivity index (χ4n) is 2.90. The van der Waals surface area contributed by atoms with Crippen molar-refractivity contribution in [3.8, 4) is 22.9 Å². The number of aryl methyl sites for hydroxylation is 1. The van der Waals surface area contributed by atoms with Crippen LogP contribution in [0.4, 0.5) is 5.69 Å². The van der Waals surface area contributed by atoms with Gasteiger partial charge in [0.2, 0.25) is 17.7 Å². The number of rotatable bonds is 6. The van der Waals surface area contributed by atoms with E-state index in [0.29, 0.717) is 28.6 Å². The monoisotopic (exact) mass is 413 g/mol. The van der Waals surface area contributed by atoms with Crippen LogP contribution in [-0.4, -0.2) is 33.5 Å². The summed E-state index contributed by atoms with van der Waals surface area (Å²) in [5, 5.41) is 13.4. The Kier molecular flexibility index (Phi) is 5.79. The first-order valence-corrected chi connectivity index (χ1v) is 9.57. The first-order valence-electron chi connectivity index (χ1n) is 9.57. The molecule has 8 nitrogen and oxygen atoms in total. The Labute approximate surface area is 178 Å². The quantitative estimate of drug-likeness (QED) is 0.501. The lowest BCUT2D eigenvalue weighted by molar-refractivity contribution is -0.115. The van der Waals surface area contributed by atoms with Crippen molar-refractivity contribution in [2.24, 2.45) is 0 Å². The molecule has 0 spiro atoms. The van der Waals surface area contributed by atoms with Crippen LogP contribution in [-0.2, 0) is 4.79 Å². The molecule has 2 aromatic heterocycles. The second-order valence-corrected chi connectivity index (χ2v) is 6.83. The van der Waals surface area contributed by atoms with Crippen LogP contribution >= 0.6 is 0 Å². The average molecular weight is 413 g/mol. The largest absolute Gasteiger partial charge is 0.416 e. The molecule has 0 radical (unpaired) electrons. The summed E-state index contributed by atoms with van der Waals surface area (Å²) in [5.41, 5.74) is 3.62. The van der Waals surface area contributed by atoms with Crippen LogP contribution in [0.1, 0.15) is 15.9 Å². The van der Waals surface area contributed by atoms with E-state index >= 15 is 0 Å². The van der Waals surface area contributed by atoms with Crippen LogP contribution in [0.3, 0.4) is 0 Å². The summed E-state index contributed by atoms with van der Waals surface area (Å²) in [5.74, 6) is 0.0887. The van der Waals surface area contributed by atoms with E-state index in [2.05, 4.69) is 25.8 Å². The predicted octanol–water partition coefficient (Wildman–Crippen LogP) is 3.48. The lowest BCUT2D eigenvalue weighted by Crippen LogP contribution is -2.32. The smallest absolute Gasteiger partial charge is 0.251 e. The molecule has 0 saturated carbocycles. The Morgan fingerprint density at radius 3 is 2.42 bits per heavy atom. The highest BCUT2D eigenvalue weighted by Crippen LogP contribution is 2.24. The van der Waals surface area contributed by atoms with E-state index in [-0.39, 0.29) is 18.4 Å². The summed E-state index contributed by atoms with van der Waals surface area (Å²) >= 11 is 0. The van der Waals surface area contributed by atoms with Gasteiger partial charge in [0.25, 0.3) is 5.91 Å². The third-order valence-electron chi connectivity index (χ3n) is 4.44. The Hall–Kier alpha value is -4.33. The molecule has 0 aliphatic heterocycles. The summed E-state index contributed by atoms with van der Waals surface area (Å²) in [4.78, 5) is 28.2. The fourth-order valence-corrected chi connectivity index (χ4v) is 2.90. The normalized spacial score (nSPS) is 10.5. The Morgan fingerprint density at radius 2 is 1.71 bits per heavy atom. The van der Waals surface area contributed by atoms with Gasteiger partial charge < -0.3 is 15.1 Å². The number of hydrogen-bond acceptors (Lipinski definition) is 6. The summed E-state index contributed by atoms with van der Waals surface area (Å²) in [7, 11) is 0. The van der Waals surface area contributed by atoms with Gasteiger partial charge in [-0.2, -0.15) is 0 Å². The predicted molar refractivity (Wildman–Crippen MR) is 115 cm³/mol. The van der Waals surface area contributed by atoms with Crippen LogP contribution in [0.2, 0.25) is 0 Å². The minimum atomic E-state index is -0.362. The van der Waals surface area contributed by atoms with E-state index in [4.69, 9.17) is 4.42 Å². The van der Waals surface area contributed by atoms with Gasteiger partial charge in [0.05, 0.1) is 18.4 Å². The molecule has 2 N–H and O–H groups in total. The van der Waals surface area contributed by atoms with E-state index in [1.165, 1.54) is 6.20 Å². The minimum absolute atomic E-state index is 0.154. The van der Waals surface area contributed by atoms with Crippen LogP contribution in [0.15, 0.2) is 77.5 Å². The van der Waals surface area contributed by atoms with Gasteiger partial charge in [-0.25, -0.2) is 0 Å². The van der Waals surface area contributed by atoms with Crippen molar-refractivity contribution in [1.82, 2.24) is 20.5 Å². The van der Waals surface area contributed by atoms with Gasteiger partial charge in [-0.3, -0.25) is 14.6 Å². The van der Waals surface area contributed by atoms with E-state index in [1.807, 2.05) is 31.2 Å². The highest BCUT2D eigenvalue weighted by atomic mass is 16.4. The van der Waals surface area contributed by atoms with Crippen molar-refractivity contribution in [2.75, 3.05) is 11.9 Å². The summed E-state index contributed by atoms with van der Waals surface area (Å²) in [6, 6.07) is 17.9. The molecule has 154 valence electrons. The van der Waals surface area contributed by atoms with Crippen molar-refractivity contribution in [1.29, 1.82) is 0 Å². The fraction of sp³-hybridized carbons (Fsp3) is 0.0870. The Balaban J connectivity index is 1.37. The van der Waals surface area contributed by atoms with Gasteiger partial charge in [-0.15, -0.1) is 10.2 Å². The van der Waals surface area contributed by atoms with E-state index in [0.717, 1.165) is 11.1 Å². The number of nitrogens with one attached hydrogen (secondary N) is 2. The van der Waals surface area contributed by atoms with Gasteiger partial charge >= 0.3 is 0 Å². The van der Waals surface area contributed by atoms with Gasteiger partial charge in [-0.05, 0) is 55.5 Å². The van der Waals surface area contributed by atoms with Crippen molar-refractivity contribution in [2.45, 2.75) is 6.92 Å². The first-order chi connectivity index (χ1) is 15.1. The summed E-state index contributed by atoms with van der Waals surface area (Å²) in [6.07, 6.45) is 3.14. The summed E-state index contributed by atoms with van der Waals surface area (Å²) < 4.78 is 5.77. The van der Waals surface area contributed by atoms with Crippen LogP contribution in [0.25, 0.3) is 22.9 Å². The molecule has 0 aliphatic rings. The number of anilines is 1. The number of amides is 2. The number of pyridine rings is 1. The van der Waals surface area contributed by atoms with Gasteiger partial charge in [-0.1, -0.05) is 17.7 Å². The minimum Gasteiger partial charge on any atom is -0.416 e. The van der Waals surface area contributed by atoms with Crippen LogP contribution < -0.4 is 10.6 Å². The van der Waals surface area contributed by atoms with E-state index in [1.54, 1.807) is 42.6 Å². The molecular formula is C23H19N5O3. The van der Waals surface area contributed by atoms with Crippen molar-refractivity contribution in [3.63, 3.8) is 0 Å². The molecule has 2 amide bonds. The van der Waals surface area contributed by atoms with Crippen LogP contribution in [0.5, 0.6) is 0 Å². The molecule has 2 heterocycles. The average Bonchev–Trinajstić information content (AvgIpc) is 3.29. The molecule has 4 aromatic rings. The molecule has 0 atom stereocenters. The Bertz CT molecular complexity index is 1200. The zero-order valence-electron chi connectivity index (χ0n) is 16.7.